The normalized spacial score (nSPS) is 25.8. The number of ketones is 1. The van der Waals surface area contributed by atoms with E-state index >= 15 is 0 Å². The van der Waals surface area contributed by atoms with Gasteiger partial charge in [-0.2, -0.15) is 0 Å². The lowest BCUT2D eigenvalue weighted by molar-refractivity contribution is 0.0888. The summed E-state index contributed by atoms with van der Waals surface area (Å²) < 4.78 is 50.8. The third kappa shape index (κ3) is 1.83. The fourth-order valence-corrected chi connectivity index (χ4v) is 3.15. The first-order valence-corrected chi connectivity index (χ1v) is 7.22. The summed E-state index contributed by atoms with van der Waals surface area (Å²) in [4.78, 5) is 17.3. The van der Waals surface area contributed by atoms with Crippen molar-refractivity contribution in [2.75, 3.05) is 0 Å². The van der Waals surface area contributed by atoms with Gasteiger partial charge in [0.25, 0.3) is 0 Å². The van der Waals surface area contributed by atoms with Crippen LogP contribution in [0.5, 0.6) is 0 Å². The highest BCUT2D eigenvalue weighted by molar-refractivity contribution is 6.11. The number of carbonyl (C=O) groups is 1. The summed E-state index contributed by atoms with van der Waals surface area (Å²) in [6.07, 6.45) is 0.0823. The van der Waals surface area contributed by atoms with Crippen LogP contribution in [0.1, 0.15) is 36.5 Å². The molecule has 0 N–H and O–H groups in total. The second-order valence-corrected chi connectivity index (χ2v) is 5.58. The predicted molar refractivity (Wildman–Crippen MR) is 86.0 cm³/mol. The summed E-state index contributed by atoms with van der Waals surface area (Å²) in [6.45, 7) is -0.876. The molecule has 0 saturated heterocycles. The van der Waals surface area contributed by atoms with Crippen LogP contribution in [0.25, 0.3) is 10.9 Å². The van der Waals surface area contributed by atoms with E-state index in [1.807, 2.05) is 0 Å². The topological polar surface area (TPSA) is 39.8 Å². The van der Waals surface area contributed by atoms with Gasteiger partial charge in [0.2, 0.25) is 0 Å². The molecule has 1 aromatic carbocycles. The largest absolute Gasteiger partial charge is 0.347 e. The van der Waals surface area contributed by atoms with Gasteiger partial charge in [-0.25, -0.2) is 4.98 Å². The van der Waals surface area contributed by atoms with Crippen molar-refractivity contribution in [3.8, 4) is 0 Å². The Kier molecular flexibility index (Phi) is 1.83. The Hall–Kier alpha value is -2.36. The summed E-state index contributed by atoms with van der Waals surface area (Å²) in [5.41, 5.74) is 1.17. The number of benzene rings is 1. The highest BCUT2D eigenvalue weighted by atomic mass is 16.1. The molecule has 4 rings (SSSR count). The van der Waals surface area contributed by atoms with Crippen molar-refractivity contribution in [1.82, 2.24) is 14.1 Å². The SMILES string of the molecule is [2H]c1nc(C)n(CC2([2H])CCc3c(c4ccccc4n3C([2H])([2H])[2H])C2=O)c1[2H]. The lowest BCUT2D eigenvalue weighted by Crippen LogP contribution is -2.27. The molecule has 1 aliphatic rings. The molecule has 2 heterocycles. The molecule has 1 unspecified atom stereocenters. The number of nitrogens with zero attached hydrogens (tertiary/aromatic N) is 3. The van der Waals surface area contributed by atoms with Crippen molar-refractivity contribution < 1.29 is 13.0 Å². The van der Waals surface area contributed by atoms with Crippen LogP contribution in [0.3, 0.4) is 0 Å². The number of para-hydroxylation sites is 1. The second-order valence-electron chi connectivity index (χ2n) is 5.58. The molecule has 1 aliphatic carbocycles. The smallest absolute Gasteiger partial charge is 0.170 e. The Morgan fingerprint density at radius 3 is 3.14 bits per heavy atom. The molecule has 0 aliphatic heterocycles. The number of carbonyl (C=O) groups excluding carboxylic acids is 1. The summed E-state index contributed by atoms with van der Waals surface area (Å²) in [7, 11) is 0. The number of aromatic nitrogens is 3. The fraction of sp³-hybridized carbons (Fsp3) is 0.333. The molecule has 1 atom stereocenters. The number of imidazole rings is 1. The zero-order valence-corrected chi connectivity index (χ0v) is 12.2. The fourth-order valence-electron chi connectivity index (χ4n) is 3.15. The molecule has 0 bridgehead atoms. The molecule has 112 valence electrons. The number of hydrogen-bond donors (Lipinski definition) is 0. The van der Waals surface area contributed by atoms with Gasteiger partial charge in [-0.1, -0.05) is 18.2 Å². The summed E-state index contributed by atoms with van der Waals surface area (Å²) >= 11 is 0. The molecule has 22 heavy (non-hydrogen) atoms. The third-order valence-electron chi connectivity index (χ3n) is 4.33. The van der Waals surface area contributed by atoms with E-state index in [1.54, 1.807) is 31.2 Å². The average Bonchev–Trinajstić information content (AvgIpc) is 3.08. The molecule has 0 radical (unpaired) electrons. The number of hydrogen-bond acceptors (Lipinski definition) is 2. The molecular formula is C18H19N3O. The molecule has 3 aromatic rings. The van der Waals surface area contributed by atoms with Gasteiger partial charge in [0.1, 0.15) is 5.82 Å². The predicted octanol–water partition coefficient (Wildman–Crippen LogP) is 3.13. The van der Waals surface area contributed by atoms with Gasteiger partial charge in [-0.05, 0) is 25.8 Å². The summed E-state index contributed by atoms with van der Waals surface area (Å²) in [5.74, 6) is -1.60. The number of Topliss-reactive ketones (excluding diaryl/α,β-unsaturated/α-hetero) is 1. The van der Waals surface area contributed by atoms with Gasteiger partial charge < -0.3 is 9.13 Å². The van der Waals surface area contributed by atoms with Crippen molar-refractivity contribution in [1.29, 1.82) is 0 Å². The van der Waals surface area contributed by atoms with E-state index in [-0.39, 0.29) is 37.3 Å². The van der Waals surface area contributed by atoms with E-state index in [1.165, 1.54) is 9.13 Å². The lowest BCUT2D eigenvalue weighted by atomic mass is 9.85. The third-order valence-corrected chi connectivity index (χ3v) is 4.33. The summed E-state index contributed by atoms with van der Waals surface area (Å²) in [6, 6.07) is 6.85. The van der Waals surface area contributed by atoms with Gasteiger partial charge in [0.05, 0.1) is 2.74 Å². The van der Waals surface area contributed by atoms with Crippen LogP contribution in [-0.4, -0.2) is 19.9 Å². The maximum atomic E-state index is 13.4. The molecule has 0 fully saturated rings. The van der Waals surface area contributed by atoms with Crippen molar-refractivity contribution in [3.63, 3.8) is 0 Å². The van der Waals surface area contributed by atoms with E-state index in [2.05, 4.69) is 4.98 Å². The first-order valence-electron chi connectivity index (χ1n) is 10.2. The monoisotopic (exact) mass is 299 g/mol. The van der Waals surface area contributed by atoms with Crippen LogP contribution in [-0.2, 0) is 19.9 Å². The Balaban J connectivity index is 1.87. The first-order chi connectivity index (χ1) is 13.0. The number of fused-ring (bicyclic) bond motifs is 3. The van der Waals surface area contributed by atoms with Crippen LogP contribution in [0.15, 0.2) is 36.6 Å². The van der Waals surface area contributed by atoms with Gasteiger partial charge in [0.15, 0.2) is 5.78 Å². The van der Waals surface area contributed by atoms with Gasteiger partial charge in [-0.15, -0.1) is 0 Å². The highest BCUT2D eigenvalue weighted by Gasteiger charge is 2.32. The minimum Gasteiger partial charge on any atom is -0.347 e. The van der Waals surface area contributed by atoms with Crippen molar-refractivity contribution in [2.45, 2.75) is 26.3 Å². The molecule has 0 saturated carbocycles. The maximum Gasteiger partial charge on any atom is 0.170 e. The standard InChI is InChI=1S/C18H19N3O/c1-12-19-9-10-21(12)11-13-7-8-16-17(18(13)22)14-5-3-4-6-15(14)20(16)2/h3-6,9-10,13H,7-8,11H2,1-2H3/i2D3,9D,10D,13D. The van der Waals surface area contributed by atoms with Crippen molar-refractivity contribution >= 4 is 16.7 Å². The molecule has 4 heteroatoms. The van der Waals surface area contributed by atoms with E-state index in [9.17, 15) is 4.79 Å². The Labute approximate surface area is 137 Å². The highest BCUT2D eigenvalue weighted by Crippen LogP contribution is 2.34. The Morgan fingerprint density at radius 1 is 1.50 bits per heavy atom. The van der Waals surface area contributed by atoms with Crippen LogP contribution in [0.4, 0.5) is 0 Å². The van der Waals surface area contributed by atoms with Gasteiger partial charge >= 0.3 is 0 Å². The quantitative estimate of drug-likeness (QED) is 0.729. The van der Waals surface area contributed by atoms with E-state index in [0.717, 1.165) is 0 Å². The second kappa shape index (κ2) is 4.83. The van der Waals surface area contributed by atoms with Crippen LogP contribution in [0, 0.1) is 12.8 Å². The van der Waals surface area contributed by atoms with Crippen LogP contribution in [0.2, 0.25) is 0 Å². The number of aryl methyl sites for hydroxylation is 2. The van der Waals surface area contributed by atoms with Gasteiger partial charge in [-0.3, -0.25) is 4.79 Å². The van der Waals surface area contributed by atoms with Crippen LogP contribution >= 0.6 is 0 Å². The molecule has 0 spiro atoms. The summed E-state index contributed by atoms with van der Waals surface area (Å²) in [5, 5.41) is 0.532. The zero-order chi connectivity index (χ0) is 20.4. The van der Waals surface area contributed by atoms with E-state index < -0.39 is 18.7 Å². The Morgan fingerprint density at radius 2 is 2.36 bits per heavy atom. The molecule has 4 nitrogen and oxygen atoms in total. The lowest BCUT2D eigenvalue weighted by Gasteiger charge is -2.23. The average molecular weight is 299 g/mol. The first kappa shape index (κ1) is 8.32. The molecule has 2 aromatic heterocycles. The van der Waals surface area contributed by atoms with E-state index in [0.29, 0.717) is 22.4 Å². The minimum atomic E-state index is -2.43. The van der Waals surface area contributed by atoms with Gasteiger partial charge in [0, 0.05) is 59.4 Å². The maximum absolute atomic E-state index is 13.4. The zero-order valence-electron chi connectivity index (χ0n) is 18.2. The molecule has 0 amide bonds. The molecular weight excluding hydrogens is 274 g/mol. The Bertz CT molecular complexity index is 1110. The van der Waals surface area contributed by atoms with Crippen molar-refractivity contribution in [2.24, 2.45) is 12.9 Å². The van der Waals surface area contributed by atoms with Crippen LogP contribution < -0.4 is 0 Å². The number of rotatable bonds is 2. The van der Waals surface area contributed by atoms with Crippen molar-refractivity contribution in [3.05, 3.63) is 53.7 Å². The minimum absolute atomic E-state index is 0.0882. The van der Waals surface area contributed by atoms with E-state index in [4.69, 9.17) is 8.22 Å².